The molecular formula is C11H15N3O2. The third-order valence-electron chi connectivity index (χ3n) is 3.41. The van der Waals surface area contributed by atoms with Crippen LogP contribution in [-0.4, -0.2) is 27.1 Å². The molecule has 1 saturated carbocycles. The Morgan fingerprint density at radius 2 is 1.94 bits per heavy atom. The monoisotopic (exact) mass is 221 g/mol. The molecule has 2 rings (SSSR count). The van der Waals surface area contributed by atoms with Crippen LogP contribution in [0.5, 0.6) is 0 Å². The molecule has 0 spiro atoms. The summed E-state index contributed by atoms with van der Waals surface area (Å²) < 4.78 is 0. The molecule has 0 atom stereocenters. The van der Waals surface area contributed by atoms with Gasteiger partial charge in [-0.2, -0.15) is 0 Å². The second-order valence-corrected chi connectivity index (χ2v) is 4.35. The fourth-order valence-electron chi connectivity index (χ4n) is 2.31. The van der Waals surface area contributed by atoms with Gasteiger partial charge in [0.25, 0.3) is 0 Å². The van der Waals surface area contributed by atoms with Gasteiger partial charge in [0.1, 0.15) is 6.33 Å². The summed E-state index contributed by atoms with van der Waals surface area (Å²) in [7, 11) is 0. The Labute approximate surface area is 93.7 Å². The number of hydrogen-bond donors (Lipinski definition) is 2. The van der Waals surface area contributed by atoms with Crippen molar-refractivity contribution in [2.45, 2.75) is 37.1 Å². The van der Waals surface area contributed by atoms with E-state index in [1.807, 2.05) is 0 Å². The van der Waals surface area contributed by atoms with Crippen LogP contribution in [0.25, 0.3) is 0 Å². The van der Waals surface area contributed by atoms with Crippen LogP contribution in [0.15, 0.2) is 18.7 Å². The van der Waals surface area contributed by atoms with Crippen molar-refractivity contribution in [1.82, 2.24) is 9.97 Å². The predicted octanol–water partition coefficient (Wildman–Crippen LogP) is 0.700. The quantitative estimate of drug-likeness (QED) is 0.767. The standard InChI is InChI=1S/C11H15N3O2/c12-9-1-3-11(4-2-9,10(15)16)8-5-13-7-14-6-8/h5-7,9H,1-4,12H2,(H,15,16). The highest BCUT2D eigenvalue weighted by Crippen LogP contribution is 2.38. The minimum Gasteiger partial charge on any atom is -0.481 e. The summed E-state index contributed by atoms with van der Waals surface area (Å²) in [5.41, 5.74) is 5.66. The lowest BCUT2D eigenvalue weighted by Gasteiger charge is -2.35. The zero-order valence-electron chi connectivity index (χ0n) is 8.97. The highest BCUT2D eigenvalue weighted by Gasteiger charge is 2.43. The third kappa shape index (κ3) is 1.78. The zero-order valence-corrected chi connectivity index (χ0v) is 8.97. The van der Waals surface area contributed by atoms with Crippen molar-refractivity contribution in [2.75, 3.05) is 0 Å². The van der Waals surface area contributed by atoms with E-state index in [9.17, 15) is 9.90 Å². The molecule has 3 N–H and O–H groups in total. The van der Waals surface area contributed by atoms with Gasteiger partial charge in [-0.15, -0.1) is 0 Å². The second kappa shape index (κ2) is 4.17. The van der Waals surface area contributed by atoms with Gasteiger partial charge in [-0.3, -0.25) is 4.79 Å². The van der Waals surface area contributed by atoms with Crippen molar-refractivity contribution < 1.29 is 9.90 Å². The number of hydrogen-bond acceptors (Lipinski definition) is 4. The Hall–Kier alpha value is -1.49. The summed E-state index contributed by atoms with van der Waals surface area (Å²) in [6.07, 6.45) is 7.21. The Kier molecular flexibility index (Phi) is 2.87. The van der Waals surface area contributed by atoms with Crippen molar-refractivity contribution in [3.8, 4) is 0 Å². The molecule has 0 saturated heterocycles. The summed E-state index contributed by atoms with van der Waals surface area (Å²) >= 11 is 0. The van der Waals surface area contributed by atoms with E-state index >= 15 is 0 Å². The van der Waals surface area contributed by atoms with E-state index in [1.165, 1.54) is 6.33 Å². The van der Waals surface area contributed by atoms with Gasteiger partial charge in [0.2, 0.25) is 0 Å². The van der Waals surface area contributed by atoms with Crippen LogP contribution in [0.3, 0.4) is 0 Å². The molecule has 0 aromatic carbocycles. The number of aliphatic carboxylic acids is 1. The van der Waals surface area contributed by atoms with Crippen LogP contribution < -0.4 is 5.73 Å². The highest BCUT2D eigenvalue weighted by molar-refractivity contribution is 5.81. The Morgan fingerprint density at radius 1 is 1.38 bits per heavy atom. The molecule has 1 aromatic rings. The Balaban J connectivity index is 2.34. The maximum Gasteiger partial charge on any atom is 0.314 e. The molecule has 0 radical (unpaired) electrons. The van der Waals surface area contributed by atoms with E-state index in [0.29, 0.717) is 18.4 Å². The van der Waals surface area contributed by atoms with E-state index in [4.69, 9.17) is 5.73 Å². The van der Waals surface area contributed by atoms with Crippen molar-refractivity contribution in [1.29, 1.82) is 0 Å². The fourth-order valence-corrected chi connectivity index (χ4v) is 2.31. The Morgan fingerprint density at radius 3 is 2.44 bits per heavy atom. The average molecular weight is 221 g/mol. The van der Waals surface area contributed by atoms with Crippen molar-refractivity contribution in [3.05, 3.63) is 24.3 Å². The normalized spacial score (nSPS) is 29.9. The van der Waals surface area contributed by atoms with E-state index in [2.05, 4.69) is 9.97 Å². The number of carboxylic acids is 1. The van der Waals surface area contributed by atoms with Gasteiger partial charge in [-0.25, -0.2) is 9.97 Å². The van der Waals surface area contributed by atoms with E-state index in [1.54, 1.807) is 12.4 Å². The number of nitrogens with two attached hydrogens (primary N) is 1. The molecule has 1 aliphatic rings. The first-order valence-corrected chi connectivity index (χ1v) is 5.39. The lowest BCUT2D eigenvalue weighted by molar-refractivity contribution is -0.145. The summed E-state index contributed by atoms with van der Waals surface area (Å²) in [5, 5.41) is 9.43. The molecule has 0 aliphatic heterocycles. The van der Waals surface area contributed by atoms with Gasteiger partial charge in [-0.05, 0) is 25.7 Å². The van der Waals surface area contributed by atoms with Crippen LogP contribution in [0.2, 0.25) is 0 Å². The summed E-state index contributed by atoms with van der Waals surface area (Å²) in [4.78, 5) is 19.3. The van der Waals surface area contributed by atoms with Gasteiger partial charge < -0.3 is 10.8 Å². The molecule has 1 aliphatic carbocycles. The van der Waals surface area contributed by atoms with Crippen LogP contribution >= 0.6 is 0 Å². The molecule has 16 heavy (non-hydrogen) atoms. The largest absolute Gasteiger partial charge is 0.481 e. The molecule has 86 valence electrons. The molecule has 1 heterocycles. The topological polar surface area (TPSA) is 89.1 Å². The molecule has 1 fully saturated rings. The zero-order chi connectivity index (χ0) is 11.6. The fraction of sp³-hybridized carbons (Fsp3) is 0.545. The van der Waals surface area contributed by atoms with Crippen molar-refractivity contribution in [3.63, 3.8) is 0 Å². The second-order valence-electron chi connectivity index (χ2n) is 4.35. The maximum absolute atomic E-state index is 11.5. The Bertz CT molecular complexity index is 372. The first-order valence-electron chi connectivity index (χ1n) is 5.39. The maximum atomic E-state index is 11.5. The van der Waals surface area contributed by atoms with Gasteiger partial charge >= 0.3 is 5.97 Å². The number of aromatic nitrogens is 2. The SMILES string of the molecule is NC1CCC(C(=O)O)(c2cncnc2)CC1. The summed E-state index contributed by atoms with van der Waals surface area (Å²) in [6, 6.07) is 0.122. The summed E-state index contributed by atoms with van der Waals surface area (Å²) in [6.45, 7) is 0. The van der Waals surface area contributed by atoms with E-state index < -0.39 is 11.4 Å². The molecule has 1 aromatic heterocycles. The third-order valence-corrected chi connectivity index (χ3v) is 3.41. The lowest BCUT2D eigenvalue weighted by atomic mass is 9.69. The van der Waals surface area contributed by atoms with Gasteiger partial charge in [0.15, 0.2) is 0 Å². The molecule has 0 unspecified atom stereocenters. The van der Waals surface area contributed by atoms with Crippen LogP contribution in [0, 0.1) is 0 Å². The average Bonchev–Trinajstić information content (AvgIpc) is 2.31. The van der Waals surface area contributed by atoms with Crippen molar-refractivity contribution in [2.24, 2.45) is 5.73 Å². The van der Waals surface area contributed by atoms with Gasteiger partial charge in [0.05, 0.1) is 5.41 Å². The predicted molar refractivity (Wildman–Crippen MR) is 57.8 cm³/mol. The van der Waals surface area contributed by atoms with Gasteiger partial charge in [0, 0.05) is 24.0 Å². The first-order chi connectivity index (χ1) is 7.65. The van der Waals surface area contributed by atoms with E-state index in [0.717, 1.165) is 12.8 Å². The first kappa shape index (κ1) is 11.0. The molecule has 5 nitrogen and oxygen atoms in total. The minimum atomic E-state index is -0.836. The summed E-state index contributed by atoms with van der Waals surface area (Å²) in [5.74, 6) is -0.797. The molecule has 5 heteroatoms. The van der Waals surface area contributed by atoms with Crippen molar-refractivity contribution >= 4 is 5.97 Å². The van der Waals surface area contributed by atoms with E-state index in [-0.39, 0.29) is 6.04 Å². The number of carbonyl (C=O) groups is 1. The van der Waals surface area contributed by atoms with Gasteiger partial charge in [-0.1, -0.05) is 0 Å². The lowest BCUT2D eigenvalue weighted by Crippen LogP contribution is -2.42. The van der Waals surface area contributed by atoms with Crippen LogP contribution in [-0.2, 0) is 10.2 Å². The smallest absolute Gasteiger partial charge is 0.314 e. The minimum absolute atomic E-state index is 0.122. The molecular weight excluding hydrogens is 206 g/mol. The number of rotatable bonds is 2. The molecule has 0 amide bonds. The van der Waals surface area contributed by atoms with Crippen LogP contribution in [0.4, 0.5) is 0 Å². The highest BCUT2D eigenvalue weighted by atomic mass is 16.4. The van der Waals surface area contributed by atoms with Crippen LogP contribution in [0.1, 0.15) is 31.2 Å². The molecule has 0 bridgehead atoms. The number of carboxylic acid groups (broad SMARTS) is 1. The number of nitrogens with zero attached hydrogens (tertiary/aromatic N) is 2.